The second-order valence-corrected chi connectivity index (χ2v) is 5.53. The highest BCUT2D eigenvalue weighted by Crippen LogP contribution is 2.10. The Morgan fingerprint density at radius 1 is 1.25 bits per heavy atom. The van der Waals surface area contributed by atoms with E-state index in [1.807, 2.05) is 18.2 Å². The molecule has 1 aliphatic heterocycles. The van der Waals surface area contributed by atoms with E-state index in [9.17, 15) is 4.79 Å². The van der Waals surface area contributed by atoms with Crippen LogP contribution in [0.2, 0.25) is 0 Å². The number of carbonyl (C=O) groups excluding carboxylic acids is 1. The fraction of sp³-hybridized carbons (Fsp3) is 0.529. The van der Waals surface area contributed by atoms with Crippen LogP contribution in [0.15, 0.2) is 35.3 Å². The van der Waals surface area contributed by atoms with Gasteiger partial charge in [-0.05, 0) is 24.8 Å². The van der Waals surface area contributed by atoms with Crippen LogP contribution in [0.25, 0.3) is 0 Å². The predicted molar refractivity (Wildman–Crippen MR) is 107 cm³/mol. The Bertz CT molecular complexity index is 505. The van der Waals surface area contributed by atoms with Gasteiger partial charge in [-0.2, -0.15) is 0 Å². The SMILES string of the molecule is CN=C(NCC(=O)NCCc1ccccc1)NCC1CCCO1.I. The van der Waals surface area contributed by atoms with Gasteiger partial charge in [0.1, 0.15) is 0 Å². The Labute approximate surface area is 160 Å². The molecule has 1 aliphatic rings. The van der Waals surface area contributed by atoms with Crippen molar-refractivity contribution in [3.05, 3.63) is 35.9 Å². The number of aliphatic imine (C=N–C) groups is 1. The summed E-state index contributed by atoms with van der Waals surface area (Å²) in [6.07, 6.45) is 3.26. The number of guanidine groups is 1. The van der Waals surface area contributed by atoms with Crippen molar-refractivity contribution < 1.29 is 9.53 Å². The monoisotopic (exact) mass is 446 g/mol. The lowest BCUT2D eigenvalue weighted by atomic mass is 10.1. The van der Waals surface area contributed by atoms with Crippen LogP contribution in [-0.2, 0) is 16.0 Å². The van der Waals surface area contributed by atoms with E-state index in [0.717, 1.165) is 32.4 Å². The van der Waals surface area contributed by atoms with Crippen molar-refractivity contribution in [2.24, 2.45) is 4.99 Å². The quantitative estimate of drug-likeness (QED) is 0.336. The van der Waals surface area contributed by atoms with Gasteiger partial charge in [-0.15, -0.1) is 24.0 Å². The van der Waals surface area contributed by atoms with Crippen molar-refractivity contribution in [1.29, 1.82) is 0 Å². The first-order valence-electron chi connectivity index (χ1n) is 8.14. The zero-order valence-electron chi connectivity index (χ0n) is 14.1. The van der Waals surface area contributed by atoms with Crippen LogP contribution in [0.1, 0.15) is 18.4 Å². The van der Waals surface area contributed by atoms with Gasteiger partial charge in [0.05, 0.1) is 12.6 Å². The van der Waals surface area contributed by atoms with Crippen molar-refractivity contribution in [3.63, 3.8) is 0 Å². The Hall–Kier alpha value is -1.35. The lowest BCUT2D eigenvalue weighted by molar-refractivity contribution is -0.119. The van der Waals surface area contributed by atoms with Crippen LogP contribution in [-0.4, -0.2) is 51.3 Å². The first-order valence-corrected chi connectivity index (χ1v) is 8.14. The third-order valence-electron chi connectivity index (χ3n) is 3.74. The maximum absolute atomic E-state index is 11.8. The van der Waals surface area contributed by atoms with E-state index < -0.39 is 0 Å². The molecule has 3 N–H and O–H groups in total. The number of ether oxygens (including phenoxy) is 1. The van der Waals surface area contributed by atoms with Crippen molar-refractivity contribution in [3.8, 4) is 0 Å². The van der Waals surface area contributed by atoms with Crippen LogP contribution < -0.4 is 16.0 Å². The van der Waals surface area contributed by atoms with Crippen LogP contribution in [0.3, 0.4) is 0 Å². The first kappa shape index (κ1) is 20.7. The van der Waals surface area contributed by atoms with Crippen molar-refractivity contribution in [2.45, 2.75) is 25.4 Å². The van der Waals surface area contributed by atoms with Gasteiger partial charge >= 0.3 is 0 Å². The molecule has 1 unspecified atom stereocenters. The number of halogens is 1. The molecule has 1 aromatic carbocycles. The Balaban J connectivity index is 0.00000288. The Morgan fingerprint density at radius 3 is 2.71 bits per heavy atom. The number of nitrogens with zero attached hydrogens (tertiary/aromatic N) is 1. The summed E-state index contributed by atoms with van der Waals surface area (Å²) in [6, 6.07) is 10.1. The van der Waals surface area contributed by atoms with Gasteiger partial charge in [-0.1, -0.05) is 30.3 Å². The summed E-state index contributed by atoms with van der Waals surface area (Å²) in [6.45, 7) is 2.39. The highest BCUT2D eigenvalue weighted by molar-refractivity contribution is 14.0. The van der Waals surface area contributed by atoms with Gasteiger partial charge in [0.2, 0.25) is 5.91 Å². The average molecular weight is 446 g/mol. The van der Waals surface area contributed by atoms with Gasteiger partial charge in [-0.25, -0.2) is 0 Å². The van der Waals surface area contributed by atoms with E-state index in [2.05, 4.69) is 33.1 Å². The average Bonchev–Trinajstić information content (AvgIpc) is 3.09. The molecule has 1 aromatic rings. The van der Waals surface area contributed by atoms with Crippen molar-refractivity contribution in [1.82, 2.24) is 16.0 Å². The molecule has 1 amide bonds. The molecule has 0 spiro atoms. The second-order valence-electron chi connectivity index (χ2n) is 5.53. The molecule has 0 radical (unpaired) electrons. The molecule has 1 atom stereocenters. The third kappa shape index (κ3) is 7.96. The van der Waals surface area contributed by atoms with E-state index in [1.54, 1.807) is 7.05 Å². The summed E-state index contributed by atoms with van der Waals surface area (Å²) in [5.41, 5.74) is 1.22. The summed E-state index contributed by atoms with van der Waals surface area (Å²) in [5.74, 6) is 0.583. The highest BCUT2D eigenvalue weighted by atomic mass is 127. The second kappa shape index (κ2) is 12.1. The highest BCUT2D eigenvalue weighted by Gasteiger charge is 2.15. The van der Waals surface area contributed by atoms with Crippen LogP contribution in [0.4, 0.5) is 0 Å². The zero-order chi connectivity index (χ0) is 16.3. The maximum Gasteiger partial charge on any atom is 0.239 e. The number of nitrogens with one attached hydrogen (secondary N) is 3. The minimum atomic E-state index is -0.0407. The summed E-state index contributed by atoms with van der Waals surface area (Å²) >= 11 is 0. The van der Waals surface area contributed by atoms with E-state index in [1.165, 1.54) is 5.56 Å². The number of rotatable bonds is 7. The van der Waals surface area contributed by atoms with Gasteiger partial charge < -0.3 is 20.7 Å². The fourth-order valence-electron chi connectivity index (χ4n) is 2.45. The molecule has 6 nitrogen and oxygen atoms in total. The van der Waals surface area contributed by atoms with E-state index >= 15 is 0 Å². The molecule has 7 heteroatoms. The molecule has 1 heterocycles. The van der Waals surface area contributed by atoms with E-state index in [0.29, 0.717) is 12.5 Å². The third-order valence-corrected chi connectivity index (χ3v) is 3.74. The number of carbonyl (C=O) groups is 1. The lowest BCUT2D eigenvalue weighted by Crippen LogP contribution is -2.45. The molecule has 24 heavy (non-hydrogen) atoms. The molecular formula is C17H27IN4O2. The van der Waals surface area contributed by atoms with E-state index in [4.69, 9.17) is 4.74 Å². The molecule has 0 saturated carbocycles. The summed E-state index contributed by atoms with van der Waals surface area (Å²) < 4.78 is 5.54. The lowest BCUT2D eigenvalue weighted by Gasteiger charge is -2.15. The van der Waals surface area contributed by atoms with Gasteiger partial charge in [-0.3, -0.25) is 9.79 Å². The van der Waals surface area contributed by atoms with Crippen LogP contribution in [0.5, 0.6) is 0 Å². The minimum Gasteiger partial charge on any atom is -0.376 e. The molecule has 1 fully saturated rings. The molecule has 0 aromatic heterocycles. The van der Waals surface area contributed by atoms with Crippen LogP contribution >= 0.6 is 24.0 Å². The summed E-state index contributed by atoms with van der Waals surface area (Å²) in [5, 5.41) is 9.09. The normalized spacial score (nSPS) is 17.0. The predicted octanol–water partition coefficient (Wildman–Crippen LogP) is 1.31. The molecule has 134 valence electrons. The van der Waals surface area contributed by atoms with E-state index in [-0.39, 0.29) is 42.5 Å². The minimum absolute atomic E-state index is 0. The molecule has 2 rings (SSSR count). The molecule has 1 saturated heterocycles. The number of amides is 1. The van der Waals surface area contributed by atoms with Gasteiger partial charge in [0, 0.05) is 26.7 Å². The Morgan fingerprint density at radius 2 is 2.04 bits per heavy atom. The van der Waals surface area contributed by atoms with Crippen molar-refractivity contribution >= 4 is 35.8 Å². The first-order chi connectivity index (χ1) is 11.3. The fourth-order valence-corrected chi connectivity index (χ4v) is 2.45. The summed E-state index contributed by atoms with van der Waals surface area (Å²) in [7, 11) is 1.69. The Kier molecular flexibility index (Phi) is 10.4. The molecular weight excluding hydrogens is 419 g/mol. The zero-order valence-corrected chi connectivity index (χ0v) is 16.4. The van der Waals surface area contributed by atoms with Crippen LogP contribution in [0, 0.1) is 0 Å². The van der Waals surface area contributed by atoms with Gasteiger partial charge in [0.25, 0.3) is 0 Å². The number of hydrogen-bond acceptors (Lipinski definition) is 3. The maximum atomic E-state index is 11.8. The summed E-state index contributed by atoms with van der Waals surface area (Å²) in [4.78, 5) is 15.9. The largest absolute Gasteiger partial charge is 0.376 e. The molecule has 0 aliphatic carbocycles. The smallest absolute Gasteiger partial charge is 0.239 e. The van der Waals surface area contributed by atoms with Gasteiger partial charge in [0.15, 0.2) is 5.96 Å². The number of benzene rings is 1. The standard InChI is InChI=1S/C17H26N4O2.HI/c1-18-17(20-12-15-8-5-11-23-15)21-13-16(22)19-10-9-14-6-3-2-4-7-14;/h2-4,6-7,15H,5,8-13H2,1H3,(H,19,22)(H2,18,20,21);1H. The van der Waals surface area contributed by atoms with Crippen molar-refractivity contribution in [2.75, 3.05) is 33.3 Å². The molecule has 0 bridgehead atoms. The topological polar surface area (TPSA) is 74.8 Å². The number of hydrogen-bond donors (Lipinski definition) is 3.